The van der Waals surface area contributed by atoms with Gasteiger partial charge < -0.3 is 10.6 Å². The van der Waals surface area contributed by atoms with Crippen molar-refractivity contribution in [1.82, 2.24) is 4.98 Å². The Morgan fingerprint density at radius 1 is 1.50 bits per heavy atom. The van der Waals surface area contributed by atoms with Gasteiger partial charge in [0.15, 0.2) is 0 Å². The Labute approximate surface area is 114 Å². The highest BCUT2D eigenvalue weighted by Gasteiger charge is 2.23. The molecule has 0 bridgehead atoms. The Morgan fingerprint density at radius 2 is 2.28 bits per heavy atom. The van der Waals surface area contributed by atoms with Crippen LogP contribution in [0.4, 0.5) is 5.82 Å². The van der Waals surface area contributed by atoms with Gasteiger partial charge in [-0.2, -0.15) is 0 Å². The highest BCUT2D eigenvalue weighted by molar-refractivity contribution is 7.80. The summed E-state index contributed by atoms with van der Waals surface area (Å²) in [6.45, 7) is 2.33. The molecule has 1 aliphatic rings. The average Bonchev–Trinajstić information content (AvgIpc) is 2.38. The highest BCUT2D eigenvalue weighted by atomic mass is 32.1. The van der Waals surface area contributed by atoms with Gasteiger partial charge >= 0.3 is 0 Å². The normalized spacial score (nSPS) is 23.7. The van der Waals surface area contributed by atoms with Crippen LogP contribution in [0.1, 0.15) is 38.2 Å². The molecule has 1 heterocycles. The SMILES string of the molecule is CC1CCCC(N(C)c2cc(C(N)=S)ccn2)C1. The molecule has 0 saturated heterocycles. The van der Waals surface area contributed by atoms with Gasteiger partial charge in [-0.1, -0.05) is 32.0 Å². The summed E-state index contributed by atoms with van der Waals surface area (Å²) in [5, 5.41) is 0. The van der Waals surface area contributed by atoms with Crippen LogP contribution in [-0.4, -0.2) is 23.1 Å². The molecule has 0 aliphatic heterocycles. The first-order valence-corrected chi connectivity index (χ1v) is 6.97. The summed E-state index contributed by atoms with van der Waals surface area (Å²) < 4.78 is 0. The number of aromatic nitrogens is 1. The molecule has 0 radical (unpaired) electrons. The first-order valence-electron chi connectivity index (χ1n) is 6.56. The van der Waals surface area contributed by atoms with Crippen molar-refractivity contribution >= 4 is 23.0 Å². The molecule has 2 rings (SSSR count). The Balaban J connectivity index is 2.14. The van der Waals surface area contributed by atoms with Crippen molar-refractivity contribution in [2.75, 3.05) is 11.9 Å². The van der Waals surface area contributed by atoms with E-state index in [1.807, 2.05) is 12.1 Å². The topological polar surface area (TPSA) is 42.1 Å². The summed E-state index contributed by atoms with van der Waals surface area (Å²) in [4.78, 5) is 7.14. The molecule has 2 atom stereocenters. The van der Waals surface area contributed by atoms with Crippen LogP contribution in [0.2, 0.25) is 0 Å². The van der Waals surface area contributed by atoms with E-state index < -0.39 is 0 Å². The third kappa shape index (κ3) is 2.99. The molecule has 1 aliphatic carbocycles. The smallest absolute Gasteiger partial charge is 0.129 e. The summed E-state index contributed by atoms with van der Waals surface area (Å²) in [7, 11) is 2.12. The molecule has 0 aromatic carbocycles. The Morgan fingerprint density at radius 3 is 2.94 bits per heavy atom. The molecule has 18 heavy (non-hydrogen) atoms. The van der Waals surface area contributed by atoms with Crippen molar-refractivity contribution in [3.8, 4) is 0 Å². The van der Waals surface area contributed by atoms with Crippen LogP contribution < -0.4 is 10.6 Å². The molecule has 1 aromatic rings. The molecule has 0 spiro atoms. The van der Waals surface area contributed by atoms with Gasteiger partial charge in [-0.3, -0.25) is 0 Å². The maximum atomic E-state index is 5.67. The third-order valence-corrected chi connectivity index (χ3v) is 4.08. The predicted octanol–water partition coefficient (Wildman–Crippen LogP) is 2.73. The number of rotatable bonds is 3. The van der Waals surface area contributed by atoms with E-state index in [-0.39, 0.29) is 0 Å². The molecular formula is C14H21N3S. The number of anilines is 1. The van der Waals surface area contributed by atoms with Gasteiger partial charge in [-0.05, 0) is 30.9 Å². The van der Waals surface area contributed by atoms with Crippen LogP contribution in [0.5, 0.6) is 0 Å². The number of thiocarbonyl (C=S) groups is 1. The minimum atomic E-state index is 0.434. The molecule has 98 valence electrons. The van der Waals surface area contributed by atoms with Crippen LogP contribution in [-0.2, 0) is 0 Å². The van der Waals surface area contributed by atoms with E-state index in [0.29, 0.717) is 11.0 Å². The molecule has 2 N–H and O–H groups in total. The second-order valence-corrected chi connectivity index (χ2v) is 5.74. The van der Waals surface area contributed by atoms with Crippen molar-refractivity contribution in [1.29, 1.82) is 0 Å². The van der Waals surface area contributed by atoms with Gasteiger partial charge in [-0.15, -0.1) is 0 Å². The Hall–Kier alpha value is -1.16. The maximum Gasteiger partial charge on any atom is 0.129 e. The van der Waals surface area contributed by atoms with Crippen molar-refractivity contribution in [3.63, 3.8) is 0 Å². The lowest BCUT2D eigenvalue weighted by atomic mass is 9.86. The summed E-state index contributed by atoms with van der Waals surface area (Å²) in [6, 6.07) is 4.44. The van der Waals surface area contributed by atoms with Crippen LogP contribution in [0.3, 0.4) is 0 Å². The lowest BCUT2D eigenvalue weighted by molar-refractivity contribution is 0.335. The van der Waals surface area contributed by atoms with Crippen LogP contribution in [0.25, 0.3) is 0 Å². The van der Waals surface area contributed by atoms with E-state index in [9.17, 15) is 0 Å². The minimum absolute atomic E-state index is 0.434. The lowest BCUT2D eigenvalue weighted by Crippen LogP contribution is -2.36. The first kappa shape index (κ1) is 13.3. The first-order chi connectivity index (χ1) is 8.58. The van der Waals surface area contributed by atoms with E-state index in [4.69, 9.17) is 18.0 Å². The molecule has 0 amide bonds. The van der Waals surface area contributed by atoms with E-state index >= 15 is 0 Å². The average molecular weight is 263 g/mol. The fraction of sp³-hybridized carbons (Fsp3) is 0.571. The molecule has 1 saturated carbocycles. The van der Waals surface area contributed by atoms with Crippen LogP contribution in [0.15, 0.2) is 18.3 Å². The minimum Gasteiger partial charge on any atom is -0.389 e. The van der Waals surface area contributed by atoms with Crippen molar-refractivity contribution < 1.29 is 0 Å². The van der Waals surface area contributed by atoms with E-state index in [2.05, 4.69) is 23.9 Å². The maximum absolute atomic E-state index is 5.67. The summed E-state index contributed by atoms with van der Waals surface area (Å²) in [5.41, 5.74) is 6.56. The second-order valence-electron chi connectivity index (χ2n) is 5.30. The number of hydrogen-bond acceptors (Lipinski definition) is 3. The number of pyridine rings is 1. The van der Waals surface area contributed by atoms with Gasteiger partial charge in [0.05, 0.1) is 0 Å². The van der Waals surface area contributed by atoms with E-state index in [0.717, 1.165) is 17.3 Å². The summed E-state index contributed by atoms with van der Waals surface area (Å²) in [6.07, 6.45) is 6.94. The number of hydrogen-bond donors (Lipinski definition) is 1. The Bertz CT molecular complexity index is 433. The van der Waals surface area contributed by atoms with Gasteiger partial charge in [-0.25, -0.2) is 4.98 Å². The molecular weight excluding hydrogens is 242 g/mol. The third-order valence-electron chi connectivity index (χ3n) is 3.85. The Kier molecular flexibility index (Phi) is 4.17. The lowest BCUT2D eigenvalue weighted by Gasteiger charge is -2.35. The zero-order valence-electron chi connectivity index (χ0n) is 11.1. The standard InChI is InChI=1S/C14H21N3S/c1-10-4-3-5-12(8-10)17(2)13-9-11(14(15)18)6-7-16-13/h6-7,9-10,12H,3-5,8H2,1-2H3,(H2,15,18). The van der Waals surface area contributed by atoms with E-state index in [1.165, 1.54) is 25.7 Å². The van der Waals surface area contributed by atoms with Gasteiger partial charge in [0, 0.05) is 24.8 Å². The predicted molar refractivity (Wildman–Crippen MR) is 79.9 cm³/mol. The van der Waals surface area contributed by atoms with Gasteiger partial charge in [0.1, 0.15) is 10.8 Å². The zero-order valence-corrected chi connectivity index (χ0v) is 11.9. The van der Waals surface area contributed by atoms with E-state index in [1.54, 1.807) is 6.20 Å². The zero-order chi connectivity index (χ0) is 13.1. The van der Waals surface area contributed by atoms with Gasteiger partial charge in [0.25, 0.3) is 0 Å². The van der Waals surface area contributed by atoms with Crippen molar-refractivity contribution in [2.24, 2.45) is 11.7 Å². The number of nitrogens with zero attached hydrogens (tertiary/aromatic N) is 2. The largest absolute Gasteiger partial charge is 0.389 e. The molecule has 2 unspecified atom stereocenters. The summed E-state index contributed by atoms with van der Waals surface area (Å²) >= 11 is 5.01. The molecule has 1 aromatic heterocycles. The molecule has 3 nitrogen and oxygen atoms in total. The highest BCUT2D eigenvalue weighted by Crippen LogP contribution is 2.28. The summed E-state index contributed by atoms with van der Waals surface area (Å²) in [5.74, 6) is 1.78. The number of nitrogens with two attached hydrogens (primary N) is 1. The van der Waals surface area contributed by atoms with Crippen LogP contribution in [0, 0.1) is 5.92 Å². The molecule has 1 fully saturated rings. The fourth-order valence-corrected chi connectivity index (χ4v) is 2.83. The van der Waals surface area contributed by atoms with Gasteiger partial charge in [0.2, 0.25) is 0 Å². The van der Waals surface area contributed by atoms with Crippen molar-refractivity contribution in [3.05, 3.63) is 23.9 Å². The van der Waals surface area contributed by atoms with Crippen molar-refractivity contribution in [2.45, 2.75) is 38.6 Å². The monoisotopic (exact) mass is 263 g/mol. The fourth-order valence-electron chi connectivity index (χ4n) is 2.71. The quantitative estimate of drug-likeness (QED) is 0.852. The molecule has 4 heteroatoms. The second kappa shape index (κ2) is 5.65. The van der Waals surface area contributed by atoms with Crippen LogP contribution >= 0.6 is 12.2 Å².